The van der Waals surface area contributed by atoms with Gasteiger partial charge in [0.05, 0.1) is 0 Å². The van der Waals surface area contributed by atoms with E-state index in [1.165, 1.54) is 51.4 Å². The van der Waals surface area contributed by atoms with Gasteiger partial charge in [-0.25, -0.2) is 0 Å². The van der Waals surface area contributed by atoms with E-state index in [9.17, 15) is 14.7 Å². The Hall–Kier alpha value is -0.100. The fraction of sp³-hybridized carbons (Fsp3) is 0.889. The summed E-state index contributed by atoms with van der Waals surface area (Å²) in [6, 6.07) is 0.0926. The summed E-state index contributed by atoms with van der Waals surface area (Å²) in [5.74, 6) is -1.87. The molecule has 24 heavy (non-hydrogen) atoms. The molecule has 1 unspecified atom stereocenters. The summed E-state index contributed by atoms with van der Waals surface area (Å²) in [5, 5.41) is 22.4. The van der Waals surface area contributed by atoms with Gasteiger partial charge in [0.1, 0.15) is 0 Å². The van der Waals surface area contributed by atoms with Crippen LogP contribution in [-0.2, 0) is 9.59 Å². The summed E-state index contributed by atoms with van der Waals surface area (Å²) in [5.41, 5.74) is 0. The minimum Gasteiger partial charge on any atom is -0.550 e. The van der Waals surface area contributed by atoms with E-state index in [1.54, 1.807) is 0 Å². The zero-order valence-electron chi connectivity index (χ0n) is 15.6. The predicted molar refractivity (Wildman–Crippen MR) is 90.1 cm³/mol. The minimum absolute atomic E-state index is 0. The smallest absolute Gasteiger partial charge is 0.550 e. The van der Waals surface area contributed by atoms with Gasteiger partial charge in [-0.2, -0.15) is 0 Å². The van der Waals surface area contributed by atoms with Crippen LogP contribution in [0.25, 0.3) is 0 Å². The third kappa shape index (κ3) is 19.9. The van der Waals surface area contributed by atoms with Crippen molar-refractivity contribution in [3.63, 3.8) is 0 Å². The van der Waals surface area contributed by atoms with E-state index in [2.05, 4.69) is 12.2 Å². The van der Waals surface area contributed by atoms with Crippen LogP contribution < -0.4 is 40.0 Å². The number of carbonyl (C=O) groups excluding carboxylic acids is 1. The molecule has 5 nitrogen and oxygen atoms in total. The second kappa shape index (κ2) is 19.2. The topological polar surface area (TPSA) is 89.5 Å². The summed E-state index contributed by atoms with van der Waals surface area (Å²) in [7, 11) is 0. The third-order valence-corrected chi connectivity index (χ3v) is 4.12. The fourth-order valence-electron chi connectivity index (χ4n) is 2.73. The van der Waals surface area contributed by atoms with Crippen LogP contribution in [0.3, 0.4) is 0 Å². The molecule has 1 atom stereocenters. The van der Waals surface area contributed by atoms with Crippen LogP contribution in [0.1, 0.15) is 90.4 Å². The van der Waals surface area contributed by atoms with Crippen molar-refractivity contribution in [2.24, 2.45) is 0 Å². The van der Waals surface area contributed by atoms with E-state index < -0.39 is 11.9 Å². The van der Waals surface area contributed by atoms with Gasteiger partial charge in [0, 0.05) is 25.0 Å². The molecule has 0 rings (SSSR count). The van der Waals surface area contributed by atoms with Crippen molar-refractivity contribution in [3.05, 3.63) is 0 Å². The Morgan fingerprint density at radius 2 is 1.46 bits per heavy atom. The minimum atomic E-state index is -1.07. The fourth-order valence-corrected chi connectivity index (χ4v) is 2.73. The molecule has 0 radical (unpaired) electrons. The molecule has 0 saturated carbocycles. The molecule has 0 aromatic carbocycles. The first kappa shape index (κ1) is 26.1. The monoisotopic (exact) mass is 351 g/mol. The number of nitrogens with one attached hydrogen (secondary N) is 1. The van der Waals surface area contributed by atoms with Gasteiger partial charge in [0.25, 0.3) is 0 Å². The number of carboxylic acids is 2. The molecule has 0 aliphatic carbocycles. The molecule has 0 spiro atoms. The van der Waals surface area contributed by atoms with Gasteiger partial charge >= 0.3 is 35.5 Å². The Bertz CT molecular complexity index is 313. The zero-order chi connectivity index (χ0) is 17.3. The molecule has 0 aromatic rings. The largest absolute Gasteiger partial charge is 1.00 e. The molecule has 2 N–H and O–H groups in total. The van der Waals surface area contributed by atoms with Crippen molar-refractivity contribution in [1.29, 1.82) is 0 Å². The SMILES string of the molecule is CCCCCCCCCCCC(CCC(=O)O)NCCC(=O)[O-].[Na+]. The van der Waals surface area contributed by atoms with Crippen molar-refractivity contribution in [2.75, 3.05) is 6.54 Å². The Labute approximate surface area is 169 Å². The van der Waals surface area contributed by atoms with E-state index in [0.29, 0.717) is 13.0 Å². The summed E-state index contributed by atoms with van der Waals surface area (Å²) in [6.45, 7) is 2.58. The molecule has 136 valence electrons. The maximum atomic E-state index is 10.7. The zero-order valence-corrected chi connectivity index (χ0v) is 17.6. The van der Waals surface area contributed by atoms with Gasteiger partial charge < -0.3 is 20.3 Å². The normalized spacial score (nSPS) is 11.7. The number of hydrogen-bond acceptors (Lipinski definition) is 4. The van der Waals surface area contributed by atoms with Crippen molar-refractivity contribution in [3.8, 4) is 0 Å². The van der Waals surface area contributed by atoms with Crippen LogP contribution in [0, 0.1) is 0 Å². The first-order chi connectivity index (χ1) is 11.1. The van der Waals surface area contributed by atoms with Crippen LogP contribution in [0.5, 0.6) is 0 Å². The second-order valence-corrected chi connectivity index (χ2v) is 6.32. The van der Waals surface area contributed by atoms with E-state index in [4.69, 9.17) is 5.11 Å². The van der Waals surface area contributed by atoms with Crippen LogP contribution in [0.4, 0.5) is 0 Å². The average Bonchev–Trinajstić information content (AvgIpc) is 2.49. The molecule has 0 heterocycles. The van der Waals surface area contributed by atoms with Gasteiger partial charge in [0.15, 0.2) is 0 Å². The summed E-state index contributed by atoms with van der Waals surface area (Å²) >= 11 is 0. The number of carbonyl (C=O) groups is 2. The number of rotatable bonds is 17. The van der Waals surface area contributed by atoms with E-state index in [-0.39, 0.29) is 48.4 Å². The van der Waals surface area contributed by atoms with Crippen LogP contribution >= 0.6 is 0 Å². The molecule has 0 fully saturated rings. The Morgan fingerprint density at radius 3 is 1.96 bits per heavy atom. The molecule has 0 aliphatic heterocycles. The second-order valence-electron chi connectivity index (χ2n) is 6.32. The number of carboxylic acid groups (broad SMARTS) is 2. The molecule has 0 aliphatic rings. The van der Waals surface area contributed by atoms with Gasteiger partial charge in [-0.3, -0.25) is 4.79 Å². The van der Waals surface area contributed by atoms with E-state index >= 15 is 0 Å². The molecular formula is C18H34NNaO4. The molecular weight excluding hydrogens is 317 g/mol. The number of aliphatic carboxylic acids is 2. The van der Waals surface area contributed by atoms with Gasteiger partial charge in [0.2, 0.25) is 0 Å². The maximum Gasteiger partial charge on any atom is 1.00 e. The predicted octanol–water partition coefficient (Wildman–Crippen LogP) is -0.126. The van der Waals surface area contributed by atoms with Crippen LogP contribution in [0.2, 0.25) is 0 Å². The van der Waals surface area contributed by atoms with Gasteiger partial charge in [-0.15, -0.1) is 0 Å². The summed E-state index contributed by atoms with van der Waals surface area (Å²) < 4.78 is 0. The van der Waals surface area contributed by atoms with Crippen molar-refractivity contribution >= 4 is 11.9 Å². The standard InChI is InChI=1S/C18H35NO4.Na/c1-2-3-4-5-6-7-8-9-10-11-16(12-13-17(20)21)19-15-14-18(22)23;/h16,19H,2-15H2,1H3,(H,20,21)(H,22,23);/q;+1/p-1. The third-order valence-electron chi connectivity index (χ3n) is 4.12. The van der Waals surface area contributed by atoms with Gasteiger partial charge in [-0.1, -0.05) is 64.7 Å². The molecule has 0 bridgehead atoms. The first-order valence-corrected chi connectivity index (χ1v) is 9.21. The summed E-state index contributed by atoms with van der Waals surface area (Å²) in [6.07, 6.45) is 12.9. The molecule has 0 amide bonds. The molecule has 0 aromatic heterocycles. The van der Waals surface area contributed by atoms with Crippen LogP contribution in [-0.4, -0.2) is 29.6 Å². The average molecular weight is 351 g/mol. The van der Waals surface area contributed by atoms with Crippen molar-refractivity contribution in [2.45, 2.75) is 96.4 Å². The van der Waals surface area contributed by atoms with E-state index in [1.807, 2.05) is 0 Å². The quantitative estimate of drug-likeness (QED) is 0.282. The van der Waals surface area contributed by atoms with Gasteiger partial charge in [-0.05, 0) is 19.3 Å². The van der Waals surface area contributed by atoms with Crippen molar-refractivity contribution < 1.29 is 49.4 Å². The van der Waals surface area contributed by atoms with Crippen LogP contribution in [0.15, 0.2) is 0 Å². The van der Waals surface area contributed by atoms with Crippen molar-refractivity contribution in [1.82, 2.24) is 5.32 Å². The van der Waals surface area contributed by atoms with E-state index in [0.717, 1.165) is 12.8 Å². The number of unbranched alkanes of at least 4 members (excludes halogenated alkanes) is 8. The maximum absolute atomic E-state index is 10.7. The molecule has 0 saturated heterocycles. The molecule has 6 heteroatoms. The Kier molecular flexibility index (Phi) is 20.9. The summed E-state index contributed by atoms with van der Waals surface area (Å²) in [4.78, 5) is 21.1. The first-order valence-electron chi connectivity index (χ1n) is 9.21. The Balaban J connectivity index is 0. The Morgan fingerprint density at radius 1 is 0.917 bits per heavy atom. The number of hydrogen-bond donors (Lipinski definition) is 2.